The fraction of sp³-hybridized carbons (Fsp3) is 0.458. The predicted molar refractivity (Wildman–Crippen MR) is 111 cm³/mol. The van der Waals surface area contributed by atoms with Gasteiger partial charge in [0.15, 0.2) is 0 Å². The predicted octanol–water partition coefficient (Wildman–Crippen LogP) is 4.15. The SMILES string of the molecule is O=C(O)C(c1ccccc1)N1CC[C@H](CN2CCC(c3ccc(F)cc3)CC2)C1. The van der Waals surface area contributed by atoms with Gasteiger partial charge in [-0.3, -0.25) is 9.69 Å². The van der Waals surface area contributed by atoms with Crippen molar-refractivity contribution in [2.24, 2.45) is 5.92 Å². The molecule has 4 nitrogen and oxygen atoms in total. The third kappa shape index (κ3) is 4.85. The summed E-state index contributed by atoms with van der Waals surface area (Å²) >= 11 is 0. The number of carbonyl (C=O) groups is 1. The van der Waals surface area contributed by atoms with Crippen molar-refractivity contribution in [3.63, 3.8) is 0 Å². The molecule has 5 heteroatoms. The molecule has 1 N–H and O–H groups in total. The number of benzene rings is 2. The van der Waals surface area contributed by atoms with Crippen LogP contribution < -0.4 is 0 Å². The summed E-state index contributed by atoms with van der Waals surface area (Å²) in [5.41, 5.74) is 2.10. The standard InChI is InChI=1S/C24H29FN2O2/c25-22-8-6-19(7-9-22)20-11-13-26(14-12-20)16-18-10-15-27(17-18)23(24(28)29)21-4-2-1-3-5-21/h1-9,18,20,23H,10-17H2,(H,28,29)/t18-,23?/m1/s1. The van der Waals surface area contributed by atoms with E-state index in [9.17, 15) is 14.3 Å². The van der Waals surface area contributed by atoms with Crippen molar-refractivity contribution in [2.75, 3.05) is 32.7 Å². The summed E-state index contributed by atoms with van der Waals surface area (Å²) in [4.78, 5) is 16.5. The molecule has 2 aromatic rings. The second kappa shape index (κ2) is 9.06. The second-order valence-electron chi connectivity index (χ2n) is 8.43. The molecule has 0 aliphatic carbocycles. The molecule has 4 rings (SSSR count). The number of likely N-dealkylation sites (tertiary alicyclic amines) is 2. The van der Waals surface area contributed by atoms with Crippen molar-refractivity contribution in [1.29, 1.82) is 0 Å². The number of carboxylic acids is 1. The molecule has 2 heterocycles. The van der Waals surface area contributed by atoms with Gasteiger partial charge in [0.05, 0.1) is 0 Å². The summed E-state index contributed by atoms with van der Waals surface area (Å²) in [6, 6.07) is 15.9. The van der Waals surface area contributed by atoms with Crippen LogP contribution in [0.5, 0.6) is 0 Å². The van der Waals surface area contributed by atoms with E-state index in [0.29, 0.717) is 11.8 Å². The summed E-state index contributed by atoms with van der Waals surface area (Å²) in [5, 5.41) is 9.77. The topological polar surface area (TPSA) is 43.8 Å². The van der Waals surface area contributed by atoms with Crippen molar-refractivity contribution in [3.8, 4) is 0 Å². The first kappa shape index (κ1) is 20.0. The van der Waals surface area contributed by atoms with E-state index in [1.165, 1.54) is 5.56 Å². The third-order valence-corrected chi connectivity index (χ3v) is 6.48. The monoisotopic (exact) mass is 396 g/mol. The Bertz CT molecular complexity index is 803. The summed E-state index contributed by atoms with van der Waals surface area (Å²) in [6.45, 7) is 4.82. The minimum absolute atomic E-state index is 0.174. The van der Waals surface area contributed by atoms with E-state index in [0.717, 1.165) is 57.5 Å². The summed E-state index contributed by atoms with van der Waals surface area (Å²) in [5.74, 6) is 0.0911. The molecule has 0 radical (unpaired) electrons. The fourth-order valence-electron chi connectivity index (χ4n) is 4.94. The summed E-state index contributed by atoms with van der Waals surface area (Å²) < 4.78 is 13.1. The first-order valence-corrected chi connectivity index (χ1v) is 10.6. The zero-order chi connectivity index (χ0) is 20.2. The molecule has 2 fully saturated rings. The second-order valence-corrected chi connectivity index (χ2v) is 8.43. The highest BCUT2D eigenvalue weighted by atomic mass is 19.1. The molecule has 2 aliphatic heterocycles. The van der Waals surface area contributed by atoms with Gasteiger partial charge in [-0.05, 0) is 74.0 Å². The number of piperidine rings is 1. The van der Waals surface area contributed by atoms with Crippen molar-refractivity contribution in [2.45, 2.75) is 31.2 Å². The van der Waals surface area contributed by atoms with E-state index < -0.39 is 12.0 Å². The molecule has 2 saturated heterocycles. The van der Waals surface area contributed by atoms with Crippen LogP contribution in [0.1, 0.15) is 42.3 Å². The van der Waals surface area contributed by atoms with Crippen LogP contribution in [0.15, 0.2) is 54.6 Å². The maximum atomic E-state index is 13.1. The van der Waals surface area contributed by atoms with Gasteiger partial charge in [0.25, 0.3) is 0 Å². The summed E-state index contributed by atoms with van der Waals surface area (Å²) in [7, 11) is 0. The average molecular weight is 397 g/mol. The number of halogens is 1. The highest BCUT2D eigenvalue weighted by Gasteiger charge is 2.34. The molecular formula is C24H29FN2O2. The van der Waals surface area contributed by atoms with Crippen molar-refractivity contribution in [1.82, 2.24) is 9.80 Å². The molecule has 29 heavy (non-hydrogen) atoms. The number of aliphatic carboxylic acids is 1. The quantitative estimate of drug-likeness (QED) is 0.797. The molecule has 2 aromatic carbocycles. The van der Waals surface area contributed by atoms with Gasteiger partial charge in [-0.2, -0.15) is 0 Å². The van der Waals surface area contributed by atoms with Crippen LogP contribution in [0.4, 0.5) is 4.39 Å². The molecule has 2 aliphatic rings. The Kier molecular flexibility index (Phi) is 6.26. The maximum absolute atomic E-state index is 13.1. The fourth-order valence-corrected chi connectivity index (χ4v) is 4.94. The van der Waals surface area contributed by atoms with Crippen LogP contribution in [0.25, 0.3) is 0 Å². The number of hydrogen-bond donors (Lipinski definition) is 1. The zero-order valence-corrected chi connectivity index (χ0v) is 16.7. The normalized spacial score (nSPS) is 22.6. The smallest absolute Gasteiger partial charge is 0.325 e. The number of rotatable bonds is 6. The largest absolute Gasteiger partial charge is 0.480 e. The lowest BCUT2D eigenvalue weighted by atomic mass is 9.89. The Morgan fingerprint density at radius 3 is 2.34 bits per heavy atom. The van der Waals surface area contributed by atoms with Crippen LogP contribution in [0.2, 0.25) is 0 Å². The Balaban J connectivity index is 1.29. The van der Waals surface area contributed by atoms with Gasteiger partial charge < -0.3 is 10.0 Å². The van der Waals surface area contributed by atoms with E-state index in [1.807, 2.05) is 42.5 Å². The van der Waals surface area contributed by atoms with Gasteiger partial charge in [-0.1, -0.05) is 42.5 Å². The highest BCUT2D eigenvalue weighted by Crippen LogP contribution is 2.31. The minimum atomic E-state index is -0.767. The summed E-state index contributed by atoms with van der Waals surface area (Å²) in [6.07, 6.45) is 3.25. The van der Waals surface area contributed by atoms with Crippen LogP contribution >= 0.6 is 0 Å². The van der Waals surface area contributed by atoms with E-state index >= 15 is 0 Å². The lowest BCUT2D eigenvalue weighted by Crippen LogP contribution is -2.38. The number of hydrogen-bond acceptors (Lipinski definition) is 3. The molecule has 2 atom stereocenters. The molecule has 0 amide bonds. The van der Waals surface area contributed by atoms with Crippen molar-refractivity contribution < 1.29 is 14.3 Å². The number of carboxylic acid groups (broad SMARTS) is 1. The Morgan fingerprint density at radius 2 is 1.69 bits per heavy atom. The van der Waals surface area contributed by atoms with E-state index in [4.69, 9.17) is 0 Å². The first-order valence-electron chi connectivity index (χ1n) is 10.6. The van der Waals surface area contributed by atoms with Crippen molar-refractivity contribution >= 4 is 5.97 Å². The van der Waals surface area contributed by atoms with Crippen molar-refractivity contribution in [3.05, 3.63) is 71.5 Å². The highest BCUT2D eigenvalue weighted by molar-refractivity contribution is 5.75. The van der Waals surface area contributed by atoms with Gasteiger partial charge in [-0.25, -0.2) is 4.39 Å². The molecule has 0 spiro atoms. The Morgan fingerprint density at radius 1 is 1.00 bits per heavy atom. The molecule has 0 bridgehead atoms. The number of nitrogens with zero attached hydrogens (tertiary/aromatic N) is 2. The van der Waals surface area contributed by atoms with Gasteiger partial charge in [0.2, 0.25) is 0 Å². The molecule has 0 saturated carbocycles. The van der Waals surface area contributed by atoms with Crippen LogP contribution in [-0.4, -0.2) is 53.6 Å². The van der Waals surface area contributed by atoms with Crippen LogP contribution in [0.3, 0.4) is 0 Å². The molecule has 154 valence electrons. The Labute approximate surface area is 171 Å². The first-order chi connectivity index (χ1) is 14.1. The van der Waals surface area contributed by atoms with Crippen LogP contribution in [-0.2, 0) is 4.79 Å². The third-order valence-electron chi connectivity index (χ3n) is 6.48. The lowest BCUT2D eigenvalue weighted by molar-refractivity contribution is -0.143. The van der Waals surface area contributed by atoms with Gasteiger partial charge >= 0.3 is 5.97 Å². The van der Waals surface area contributed by atoms with Gasteiger partial charge in [-0.15, -0.1) is 0 Å². The van der Waals surface area contributed by atoms with E-state index in [2.05, 4.69) is 9.80 Å². The lowest BCUT2D eigenvalue weighted by Gasteiger charge is -2.34. The van der Waals surface area contributed by atoms with Gasteiger partial charge in [0, 0.05) is 13.1 Å². The molecule has 1 unspecified atom stereocenters. The Hall–Kier alpha value is -2.24. The average Bonchev–Trinajstić information content (AvgIpc) is 3.18. The minimum Gasteiger partial charge on any atom is -0.480 e. The zero-order valence-electron chi connectivity index (χ0n) is 16.7. The maximum Gasteiger partial charge on any atom is 0.325 e. The molecular weight excluding hydrogens is 367 g/mol. The van der Waals surface area contributed by atoms with Gasteiger partial charge in [0.1, 0.15) is 11.9 Å². The van der Waals surface area contributed by atoms with E-state index in [1.54, 1.807) is 12.1 Å². The van der Waals surface area contributed by atoms with E-state index in [-0.39, 0.29) is 5.82 Å². The molecule has 0 aromatic heterocycles. The van der Waals surface area contributed by atoms with Crippen LogP contribution in [0, 0.1) is 11.7 Å².